The number of hydrogen-bond donors (Lipinski definition) is 1. The van der Waals surface area contributed by atoms with Gasteiger partial charge < -0.3 is 19.5 Å². The molecule has 7 nitrogen and oxygen atoms in total. The van der Waals surface area contributed by atoms with Gasteiger partial charge in [-0.05, 0) is 30.2 Å². The molecule has 1 aliphatic rings. The molecule has 0 saturated carbocycles. The summed E-state index contributed by atoms with van der Waals surface area (Å²) in [5, 5.41) is 3.06. The molecule has 2 rings (SSSR count). The predicted octanol–water partition coefficient (Wildman–Crippen LogP) is 2.36. The maximum atomic E-state index is 12.2. The summed E-state index contributed by atoms with van der Waals surface area (Å²) >= 11 is 5.94. The van der Waals surface area contributed by atoms with E-state index in [2.05, 4.69) is 5.32 Å². The van der Waals surface area contributed by atoms with Crippen LogP contribution in [0.1, 0.15) is 25.8 Å². The molecule has 8 heteroatoms. The average molecular weight is 396 g/mol. The summed E-state index contributed by atoms with van der Waals surface area (Å²) in [6.07, 6.45) is 2.29. The van der Waals surface area contributed by atoms with Crippen molar-refractivity contribution in [2.24, 2.45) is 5.92 Å². The van der Waals surface area contributed by atoms with Gasteiger partial charge in [-0.1, -0.05) is 31.9 Å². The number of methoxy groups -OCH3 is 1. The number of hydrogen-bond acceptors (Lipinski definition) is 6. The van der Waals surface area contributed by atoms with Crippen LogP contribution in [0.4, 0.5) is 0 Å². The normalized spacial score (nSPS) is 14.7. The monoisotopic (exact) mass is 395 g/mol. The second-order valence-electron chi connectivity index (χ2n) is 6.17. The molecular formula is C19H22ClNO6. The molecule has 0 bridgehead atoms. The van der Waals surface area contributed by atoms with Crippen LogP contribution in [0, 0.1) is 5.92 Å². The van der Waals surface area contributed by atoms with Gasteiger partial charge in [-0.15, -0.1) is 0 Å². The summed E-state index contributed by atoms with van der Waals surface area (Å²) in [4.78, 5) is 36.0. The van der Waals surface area contributed by atoms with Crippen LogP contribution in [0.25, 0.3) is 6.08 Å². The summed E-state index contributed by atoms with van der Waals surface area (Å²) < 4.78 is 15.2. The number of benzene rings is 1. The summed E-state index contributed by atoms with van der Waals surface area (Å²) in [7, 11) is 1.25. The Bertz CT molecular complexity index is 761. The number of amides is 1. The lowest BCUT2D eigenvalue weighted by Crippen LogP contribution is -2.47. The fraction of sp³-hybridized carbons (Fsp3) is 0.421. The van der Waals surface area contributed by atoms with Gasteiger partial charge in [0.05, 0.1) is 12.7 Å². The molecule has 0 aliphatic carbocycles. The molecule has 1 aliphatic heterocycles. The Balaban J connectivity index is 1.95. The molecular weight excluding hydrogens is 374 g/mol. The van der Waals surface area contributed by atoms with E-state index in [1.54, 1.807) is 24.3 Å². The Morgan fingerprint density at radius 2 is 2.07 bits per heavy atom. The zero-order valence-electron chi connectivity index (χ0n) is 15.4. The van der Waals surface area contributed by atoms with E-state index < -0.39 is 30.5 Å². The molecule has 27 heavy (non-hydrogen) atoms. The second-order valence-corrected chi connectivity index (χ2v) is 6.61. The standard InChI is InChI=1S/C19H22ClNO6/c1-4-11(2)17(19(24)25-3)21-16(22)10-27-18(23)13-7-12-8-14(20)5-6-15(12)26-9-13/h5-8,11,17H,4,9-10H2,1-3H3,(H,21,22). The van der Waals surface area contributed by atoms with E-state index in [1.165, 1.54) is 7.11 Å². The van der Waals surface area contributed by atoms with Crippen molar-refractivity contribution in [2.45, 2.75) is 26.3 Å². The number of esters is 2. The summed E-state index contributed by atoms with van der Waals surface area (Å²) in [5.74, 6) is -1.30. The Morgan fingerprint density at radius 3 is 2.74 bits per heavy atom. The molecule has 2 unspecified atom stereocenters. The first-order valence-corrected chi connectivity index (χ1v) is 8.90. The van der Waals surface area contributed by atoms with Crippen LogP contribution >= 0.6 is 11.6 Å². The van der Waals surface area contributed by atoms with Crippen molar-refractivity contribution >= 4 is 35.5 Å². The maximum absolute atomic E-state index is 12.2. The van der Waals surface area contributed by atoms with Crippen LogP contribution < -0.4 is 10.1 Å². The highest BCUT2D eigenvalue weighted by Gasteiger charge is 2.27. The van der Waals surface area contributed by atoms with Crippen molar-refractivity contribution in [2.75, 3.05) is 20.3 Å². The van der Waals surface area contributed by atoms with Crippen molar-refractivity contribution in [1.82, 2.24) is 5.32 Å². The molecule has 1 aromatic rings. The quantitative estimate of drug-likeness (QED) is 0.713. The highest BCUT2D eigenvalue weighted by atomic mass is 35.5. The summed E-state index contributed by atoms with van der Waals surface area (Å²) in [6.45, 7) is 3.24. The van der Waals surface area contributed by atoms with Crippen LogP contribution in [0.15, 0.2) is 23.8 Å². The number of nitrogens with one attached hydrogen (secondary N) is 1. The first kappa shape index (κ1) is 20.8. The van der Waals surface area contributed by atoms with Gasteiger partial charge >= 0.3 is 11.9 Å². The van der Waals surface area contributed by atoms with Gasteiger partial charge in [-0.3, -0.25) is 4.79 Å². The lowest BCUT2D eigenvalue weighted by molar-refractivity contribution is -0.149. The third-order valence-corrected chi connectivity index (χ3v) is 4.50. The molecule has 0 saturated heterocycles. The first-order valence-electron chi connectivity index (χ1n) is 8.53. The second kappa shape index (κ2) is 9.41. The minimum Gasteiger partial charge on any atom is -0.488 e. The molecule has 1 heterocycles. The van der Waals surface area contributed by atoms with Gasteiger partial charge in [0.1, 0.15) is 18.4 Å². The minimum atomic E-state index is -0.794. The van der Waals surface area contributed by atoms with E-state index in [-0.39, 0.29) is 18.1 Å². The molecule has 0 radical (unpaired) electrons. The number of ether oxygens (including phenoxy) is 3. The fourth-order valence-corrected chi connectivity index (χ4v) is 2.68. The number of carbonyl (C=O) groups excluding carboxylic acids is 3. The molecule has 1 N–H and O–H groups in total. The Hall–Kier alpha value is -2.54. The van der Waals surface area contributed by atoms with E-state index in [0.717, 1.165) is 0 Å². The highest BCUT2D eigenvalue weighted by Crippen LogP contribution is 2.29. The van der Waals surface area contributed by atoms with Gasteiger partial charge in [-0.2, -0.15) is 0 Å². The zero-order valence-corrected chi connectivity index (χ0v) is 16.2. The molecule has 0 fully saturated rings. The van der Waals surface area contributed by atoms with Crippen molar-refractivity contribution < 1.29 is 28.6 Å². The zero-order chi connectivity index (χ0) is 20.0. The average Bonchev–Trinajstić information content (AvgIpc) is 2.68. The van der Waals surface area contributed by atoms with Gasteiger partial charge in [0.25, 0.3) is 5.91 Å². The third kappa shape index (κ3) is 5.47. The largest absolute Gasteiger partial charge is 0.488 e. The van der Waals surface area contributed by atoms with Crippen LogP contribution in [0.5, 0.6) is 5.75 Å². The number of fused-ring (bicyclic) bond motifs is 1. The lowest BCUT2D eigenvalue weighted by Gasteiger charge is -2.22. The van der Waals surface area contributed by atoms with Crippen molar-refractivity contribution in [3.05, 3.63) is 34.4 Å². The van der Waals surface area contributed by atoms with Crippen molar-refractivity contribution in [3.63, 3.8) is 0 Å². The predicted molar refractivity (Wildman–Crippen MR) is 99.3 cm³/mol. The number of halogens is 1. The van der Waals surface area contributed by atoms with Crippen LogP contribution in [-0.2, 0) is 23.9 Å². The van der Waals surface area contributed by atoms with Gasteiger partial charge in [0.15, 0.2) is 6.61 Å². The SMILES string of the molecule is CCC(C)C(NC(=O)COC(=O)C1=Cc2cc(Cl)ccc2OC1)C(=O)OC. The van der Waals surface area contributed by atoms with Crippen molar-refractivity contribution in [3.8, 4) is 5.75 Å². The molecule has 146 valence electrons. The van der Waals surface area contributed by atoms with Crippen LogP contribution in [0.3, 0.4) is 0 Å². The molecule has 1 amide bonds. The fourth-order valence-electron chi connectivity index (χ4n) is 2.50. The van der Waals surface area contributed by atoms with E-state index in [1.807, 2.05) is 13.8 Å². The van der Waals surface area contributed by atoms with Gasteiger partial charge in [0, 0.05) is 10.6 Å². The van der Waals surface area contributed by atoms with E-state index in [0.29, 0.717) is 22.8 Å². The van der Waals surface area contributed by atoms with E-state index in [4.69, 9.17) is 25.8 Å². The smallest absolute Gasteiger partial charge is 0.338 e. The molecule has 1 aromatic carbocycles. The molecule has 2 atom stereocenters. The maximum Gasteiger partial charge on any atom is 0.338 e. The third-order valence-electron chi connectivity index (χ3n) is 4.27. The topological polar surface area (TPSA) is 90.9 Å². The van der Waals surface area contributed by atoms with E-state index in [9.17, 15) is 14.4 Å². The lowest BCUT2D eigenvalue weighted by atomic mass is 9.99. The highest BCUT2D eigenvalue weighted by molar-refractivity contribution is 6.30. The van der Waals surface area contributed by atoms with Gasteiger partial charge in [0.2, 0.25) is 0 Å². The Morgan fingerprint density at radius 1 is 1.33 bits per heavy atom. The van der Waals surface area contributed by atoms with Crippen molar-refractivity contribution in [1.29, 1.82) is 0 Å². The molecule has 0 spiro atoms. The Kier molecular flexibility index (Phi) is 7.24. The Labute approximate surface area is 162 Å². The number of carbonyl (C=O) groups is 3. The van der Waals surface area contributed by atoms with Crippen LogP contribution in [-0.4, -0.2) is 44.2 Å². The first-order chi connectivity index (χ1) is 12.8. The minimum absolute atomic E-state index is 0.0345. The number of rotatable bonds is 7. The summed E-state index contributed by atoms with van der Waals surface area (Å²) in [6, 6.07) is 4.28. The molecule has 0 aromatic heterocycles. The summed E-state index contributed by atoms with van der Waals surface area (Å²) in [5.41, 5.74) is 0.927. The van der Waals surface area contributed by atoms with Crippen LogP contribution in [0.2, 0.25) is 5.02 Å². The van der Waals surface area contributed by atoms with E-state index >= 15 is 0 Å². The van der Waals surface area contributed by atoms with Gasteiger partial charge in [-0.25, -0.2) is 9.59 Å².